The van der Waals surface area contributed by atoms with Crippen LogP contribution in [-0.4, -0.2) is 33.6 Å². The van der Waals surface area contributed by atoms with Crippen LogP contribution >= 0.6 is 12.6 Å². The van der Waals surface area contributed by atoms with E-state index in [0.717, 1.165) is 16.5 Å². The van der Waals surface area contributed by atoms with Gasteiger partial charge < -0.3 is 10.4 Å². The molecule has 0 bridgehead atoms. The standard InChI is InChI=1S/C25H20N2O3S/c28-23(19-12-6-5-11-18(19)16-8-2-1-3-9-16)20-14-17-10-4-7-13-21(17)26-24(20)27-22(15-31)25(29)30/h1-14,22,31H,15H2,(H,26,27)(H,29,30). The summed E-state index contributed by atoms with van der Waals surface area (Å²) in [7, 11) is 0. The molecule has 4 aromatic rings. The zero-order chi connectivity index (χ0) is 21.8. The van der Waals surface area contributed by atoms with E-state index >= 15 is 0 Å². The molecule has 0 fully saturated rings. The summed E-state index contributed by atoms with van der Waals surface area (Å²) in [5, 5.41) is 13.2. The number of ketones is 1. The number of benzene rings is 3. The Morgan fingerprint density at radius 3 is 2.32 bits per heavy atom. The van der Waals surface area contributed by atoms with Crippen molar-refractivity contribution in [1.29, 1.82) is 0 Å². The number of carboxylic acid groups (broad SMARTS) is 1. The summed E-state index contributed by atoms with van der Waals surface area (Å²) in [6.45, 7) is 0. The van der Waals surface area contributed by atoms with Crippen LogP contribution in [0.4, 0.5) is 5.82 Å². The number of pyridine rings is 1. The molecule has 4 rings (SSSR count). The number of nitrogens with zero attached hydrogens (tertiary/aromatic N) is 1. The molecule has 0 amide bonds. The zero-order valence-electron chi connectivity index (χ0n) is 16.5. The fraction of sp³-hybridized carbons (Fsp3) is 0.0800. The van der Waals surface area contributed by atoms with Crippen molar-refractivity contribution >= 4 is 41.1 Å². The van der Waals surface area contributed by atoms with Gasteiger partial charge in [0.2, 0.25) is 0 Å². The van der Waals surface area contributed by atoms with E-state index in [2.05, 4.69) is 22.9 Å². The summed E-state index contributed by atoms with van der Waals surface area (Å²) in [5.41, 5.74) is 3.23. The third kappa shape index (κ3) is 4.29. The molecule has 0 radical (unpaired) electrons. The molecule has 3 aromatic carbocycles. The first-order valence-corrected chi connectivity index (χ1v) is 10.4. The fourth-order valence-electron chi connectivity index (χ4n) is 3.45. The van der Waals surface area contributed by atoms with Gasteiger partial charge in [-0.15, -0.1) is 0 Å². The number of hydrogen-bond donors (Lipinski definition) is 3. The van der Waals surface area contributed by atoms with E-state index in [4.69, 9.17) is 0 Å². The largest absolute Gasteiger partial charge is 0.480 e. The number of carbonyl (C=O) groups is 2. The molecule has 1 unspecified atom stereocenters. The van der Waals surface area contributed by atoms with E-state index in [-0.39, 0.29) is 17.4 Å². The number of aliphatic carboxylic acids is 1. The molecule has 31 heavy (non-hydrogen) atoms. The first-order valence-electron chi connectivity index (χ1n) is 9.77. The Labute approximate surface area is 185 Å². The molecule has 0 saturated carbocycles. The summed E-state index contributed by atoms with van der Waals surface area (Å²) in [6, 6.07) is 25.2. The van der Waals surface area contributed by atoms with Gasteiger partial charge in [-0.1, -0.05) is 72.8 Å². The van der Waals surface area contributed by atoms with Gasteiger partial charge in [-0.05, 0) is 23.3 Å². The topological polar surface area (TPSA) is 79.3 Å². The zero-order valence-corrected chi connectivity index (χ0v) is 17.4. The highest BCUT2D eigenvalue weighted by Gasteiger charge is 2.23. The third-order valence-corrected chi connectivity index (χ3v) is 5.38. The lowest BCUT2D eigenvalue weighted by molar-refractivity contribution is -0.137. The number of carbonyl (C=O) groups excluding carboxylic acids is 1. The minimum Gasteiger partial charge on any atom is -0.480 e. The van der Waals surface area contributed by atoms with Gasteiger partial charge in [0.25, 0.3) is 0 Å². The Morgan fingerprint density at radius 2 is 1.58 bits per heavy atom. The first-order chi connectivity index (χ1) is 15.1. The van der Waals surface area contributed by atoms with Gasteiger partial charge in [-0.3, -0.25) is 4.79 Å². The lowest BCUT2D eigenvalue weighted by atomic mass is 9.93. The molecule has 2 N–H and O–H groups in total. The molecule has 6 heteroatoms. The number of rotatable bonds is 7. The van der Waals surface area contributed by atoms with Gasteiger partial charge in [0.15, 0.2) is 5.78 Å². The summed E-state index contributed by atoms with van der Waals surface area (Å²) in [4.78, 5) is 29.8. The highest BCUT2D eigenvalue weighted by Crippen LogP contribution is 2.29. The van der Waals surface area contributed by atoms with Crippen molar-refractivity contribution in [3.63, 3.8) is 0 Å². The smallest absolute Gasteiger partial charge is 0.327 e. The molecule has 1 atom stereocenters. The quantitative estimate of drug-likeness (QED) is 0.287. The number of carboxylic acids is 1. The molecule has 1 heterocycles. The van der Waals surface area contributed by atoms with Crippen molar-refractivity contribution in [3.8, 4) is 11.1 Å². The molecule has 0 aliphatic rings. The van der Waals surface area contributed by atoms with Gasteiger partial charge in [-0.25, -0.2) is 9.78 Å². The van der Waals surface area contributed by atoms with Crippen molar-refractivity contribution in [1.82, 2.24) is 4.98 Å². The molecule has 0 aliphatic heterocycles. The van der Waals surface area contributed by atoms with Crippen LogP contribution in [0, 0.1) is 0 Å². The molecule has 1 aromatic heterocycles. The summed E-state index contributed by atoms with van der Waals surface area (Å²) < 4.78 is 0. The molecular weight excluding hydrogens is 408 g/mol. The van der Waals surface area contributed by atoms with Gasteiger partial charge in [0.05, 0.1) is 11.1 Å². The van der Waals surface area contributed by atoms with Gasteiger partial charge in [0.1, 0.15) is 11.9 Å². The van der Waals surface area contributed by atoms with Crippen LogP contribution in [0.5, 0.6) is 0 Å². The summed E-state index contributed by atoms with van der Waals surface area (Å²) in [6.07, 6.45) is 0. The fourth-order valence-corrected chi connectivity index (χ4v) is 3.69. The van der Waals surface area contributed by atoms with E-state index < -0.39 is 12.0 Å². The number of para-hydroxylation sites is 1. The summed E-state index contributed by atoms with van der Waals surface area (Å²) >= 11 is 4.12. The Hall–Kier alpha value is -3.64. The van der Waals surface area contributed by atoms with Gasteiger partial charge in [-0.2, -0.15) is 12.6 Å². The number of fused-ring (bicyclic) bond motifs is 1. The number of aromatic nitrogens is 1. The maximum Gasteiger partial charge on any atom is 0.327 e. The van der Waals surface area contributed by atoms with Crippen LogP contribution in [0.3, 0.4) is 0 Å². The van der Waals surface area contributed by atoms with Crippen molar-refractivity contribution in [3.05, 3.63) is 96.1 Å². The van der Waals surface area contributed by atoms with Crippen LogP contribution < -0.4 is 5.32 Å². The van der Waals surface area contributed by atoms with E-state index in [1.807, 2.05) is 72.8 Å². The number of nitrogens with one attached hydrogen (secondary N) is 1. The van der Waals surface area contributed by atoms with E-state index in [9.17, 15) is 14.7 Å². The summed E-state index contributed by atoms with van der Waals surface area (Å²) in [5.74, 6) is -1.01. The van der Waals surface area contributed by atoms with Crippen molar-refractivity contribution in [2.45, 2.75) is 6.04 Å². The third-order valence-electron chi connectivity index (χ3n) is 5.02. The Morgan fingerprint density at radius 1 is 0.903 bits per heavy atom. The average molecular weight is 429 g/mol. The van der Waals surface area contributed by atoms with E-state index in [0.29, 0.717) is 16.6 Å². The Balaban J connectivity index is 1.87. The molecular formula is C25H20N2O3S. The second-order valence-electron chi connectivity index (χ2n) is 7.04. The monoisotopic (exact) mass is 428 g/mol. The lowest BCUT2D eigenvalue weighted by Gasteiger charge is -2.17. The maximum absolute atomic E-state index is 13.7. The minimum absolute atomic E-state index is 0.0536. The molecule has 0 saturated heterocycles. The predicted octanol–water partition coefficient (Wildman–Crippen LogP) is 4.93. The highest BCUT2D eigenvalue weighted by molar-refractivity contribution is 7.80. The van der Waals surface area contributed by atoms with Gasteiger partial charge in [0, 0.05) is 16.7 Å². The predicted molar refractivity (Wildman–Crippen MR) is 126 cm³/mol. The van der Waals surface area contributed by atoms with Crippen LogP contribution in [0.15, 0.2) is 84.9 Å². The van der Waals surface area contributed by atoms with Crippen molar-refractivity contribution in [2.75, 3.05) is 11.1 Å². The van der Waals surface area contributed by atoms with E-state index in [1.165, 1.54) is 0 Å². The van der Waals surface area contributed by atoms with Crippen LogP contribution in [-0.2, 0) is 4.79 Å². The average Bonchev–Trinajstić information content (AvgIpc) is 2.82. The minimum atomic E-state index is -1.06. The van der Waals surface area contributed by atoms with Gasteiger partial charge >= 0.3 is 5.97 Å². The molecule has 0 aliphatic carbocycles. The number of thiol groups is 1. The number of anilines is 1. The first kappa shape index (κ1) is 20.6. The SMILES string of the molecule is O=C(c1ccccc1-c1ccccc1)c1cc2ccccc2nc1NC(CS)C(=O)O. The number of hydrogen-bond acceptors (Lipinski definition) is 5. The van der Waals surface area contributed by atoms with E-state index in [1.54, 1.807) is 12.1 Å². The second-order valence-corrected chi connectivity index (χ2v) is 7.40. The maximum atomic E-state index is 13.7. The van der Waals surface area contributed by atoms with Crippen LogP contribution in [0.1, 0.15) is 15.9 Å². The molecule has 154 valence electrons. The normalized spacial score (nSPS) is 11.8. The second kappa shape index (κ2) is 9.02. The molecule has 5 nitrogen and oxygen atoms in total. The molecule has 0 spiro atoms. The Kier molecular flexibility index (Phi) is 6.00. The van der Waals surface area contributed by atoms with Crippen LogP contribution in [0.2, 0.25) is 0 Å². The Bertz CT molecular complexity index is 1260. The lowest BCUT2D eigenvalue weighted by Crippen LogP contribution is -2.32. The van der Waals surface area contributed by atoms with Crippen LogP contribution in [0.25, 0.3) is 22.0 Å². The highest BCUT2D eigenvalue weighted by atomic mass is 32.1. The van der Waals surface area contributed by atoms with Crippen molar-refractivity contribution in [2.24, 2.45) is 0 Å². The van der Waals surface area contributed by atoms with Crippen molar-refractivity contribution < 1.29 is 14.7 Å².